The van der Waals surface area contributed by atoms with Crippen molar-refractivity contribution in [2.24, 2.45) is 17.3 Å². The Hall–Kier alpha value is -3.59. The number of hydrazine groups is 1. The van der Waals surface area contributed by atoms with Crippen LogP contribution in [-0.4, -0.2) is 44.2 Å². The standard InChI is InChI=1S/C35H47N3O6/c1-32(2,3)43-30(40)37-38(31(41)44-33(4,5)6)29-13-8-22(21-36-29)14-18-35(42)19-16-28-27-11-9-23-20-24(39)10-12-25(23)26(27)15-17-34(28,35)7/h8,10,12-14,18,20-21,26-28,39,42H,9,11,15-17,19H2,1-7H3,(H,37,40)/b18-14+/t26-,27-,28+,34+,35+/m1/s1. The van der Waals surface area contributed by atoms with Gasteiger partial charge in [-0.05, 0) is 139 Å². The van der Waals surface area contributed by atoms with E-state index in [1.807, 2.05) is 24.3 Å². The maximum absolute atomic E-state index is 13.0. The molecule has 9 heteroatoms. The molecule has 1 aromatic heterocycles. The van der Waals surface area contributed by atoms with E-state index in [-0.39, 0.29) is 11.2 Å². The van der Waals surface area contributed by atoms with E-state index in [4.69, 9.17) is 9.47 Å². The van der Waals surface area contributed by atoms with Gasteiger partial charge < -0.3 is 19.7 Å². The van der Waals surface area contributed by atoms with Crippen LogP contribution in [0.4, 0.5) is 15.4 Å². The van der Waals surface area contributed by atoms with Crippen LogP contribution in [0.2, 0.25) is 0 Å². The number of aryl methyl sites for hydroxylation is 1. The number of fused-ring (bicyclic) bond motifs is 5. The van der Waals surface area contributed by atoms with E-state index in [0.717, 1.165) is 42.7 Å². The summed E-state index contributed by atoms with van der Waals surface area (Å²) >= 11 is 0. The lowest BCUT2D eigenvalue weighted by atomic mass is 9.53. The number of phenolic OH excluding ortho intramolecular Hbond substituents is 1. The van der Waals surface area contributed by atoms with E-state index in [0.29, 0.717) is 29.9 Å². The van der Waals surface area contributed by atoms with E-state index in [9.17, 15) is 19.8 Å². The highest BCUT2D eigenvalue weighted by molar-refractivity contribution is 5.89. The summed E-state index contributed by atoms with van der Waals surface area (Å²) in [7, 11) is 0. The number of anilines is 1. The molecule has 2 saturated carbocycles. The van der Waals surface area contributed by atoms with Gasteiger partial charge in [-0.3, -0.25) is 0 Å². The monoisotopic (exact) mass is 605 g/mol. The van der Waals surface area contributed by atoms with Crippen molar-refractivity contribution in [3.8, 4) is 5.75 Å². The number of ether oxygens (including phenoxy) is 2. The normalized spacial score (nSPS) is 28.0. The Kier molecular flexibility index (Phi) is 8.25. The first-order valence-corrected chi connectivity index (χ1v) is 15.7. The molecule has 44 heavy (non-hydrogen) atoms. The molecule has 5 atom stereocenters. The lowest BCUT2D eigenvalue weighted by Gasteiger charge is -2.52. The van der Waals surface area contributed by atoms with Gasteiger partial charge in [0.2, 0.25) is 0 Å². The molecule has 1 aromatic carbocycles. The minimum absolute atomic E-state index is 0.165. The summed E-state index contributed by atoms with van der Waals surface area (Å²) in [5, 5.41) is 23.0. The highest BCUT2D eigenvalue weighted by atomic mass is 16.6. The average molecular weight is 606 g/mol. The van der Waals surface area contributed by atoms with Crippen molar-refractivity contribution in [1.29, 1.82) is 0 Å². The Morgan fingerprint density at radius 1 is 1.02 bits per heavy atom. The number of nitrogens with one attached hydrogen (secondary N) is 1. The molecular formula is C35H47N3O6. The maximum atomic E-state index is 13.0. The Labute approximate surface area is 260 Å². The molecule has 2 amide bonds. The minimum atomic E-state index is -0.947. The number of nitrogens with zero attached hydrogens (tertiary/aromatic N) is 2. The highest BCUT2D eigenvalue weighted by Gasteiger charge is 2.60. The molecule has 0 aliphatic heterocycles. The zero-order chi connectivity index (χ0) is 32.1. The number of carbonyl (C=O) groups is 2. The number of hydrogen-bond donors (Lipinski definition) is 3. The fourth-order valence-corrected chi connectivity index (χ4v) is 7.65. The number of phenols is 1. The second-order valence-electron chi connectivity index (χ2n) is 14.9. The van der Waals surface area contributed by atoms with Crippen LogP contribution in [0, 0.1) is 17.3 Å². The van der Waals surface area contributed by atoms with E-state index in [1.165, 1.54) is 11.1 Å². The lowest BCUT2D eigenvalue weighted by molar-refractivity contribution is -0.0705. The summed E-state index contributed by atoms with van der Waals surface area (Å²) in [6, 6.07) is 9.24. The summed E-state index contributed by atoms with van der Waals surface area (Å²) in [4.78, 5) is 29.9. The first kappa shape index (κ1) is 31.8. The van der Waals surface area contributed by atoms with Crippen LogP contribution in [0.1, 0.15) is 103 Å². The molecule has 0 bridgehead atoms. The second kappa shape index (κ2) is 11.4. The van der Waals surface area contributed by atoms with Crippen LogP contribution in [-0.2, 0) is 15.9 Å². The number of benzene rings is 1. The second-order valence-corrected chi connectivity index (χ2v) is 14.9. The summed E-state index contributed by atoms with van der Waals surface area (Å²) in [5.41, 5.74) is 3.12. The SMILES string of the molecule is CC(C)(C)OC(=O)NN(C(=O)OC(C)(C)C)c1ccc(/C=C/[C@]2(O)CC[C@H]3[C@@H]4CCc5cc(O)ccc5[C@H]4CC[C@@]32C)cn1. The lowest BCUT2D eigenvalue weighted by Crippen LogP contribution is -2.50. The number of hydrogen-bond acceptors (Lipinski definition) is 7. The molecule has 0 spiro atoms. The first-order valence-electron chi connectivity index (χ1n) is 15.7. The number of aliphatic hydroxyl groups is 1. The molecule has 238 valence electrons. The summed E-state index contributed by atoms with van der Waals surface area (Å²) < 4.78 is 10.8. The Bertz CT molecular complexity index is 1430. The summed E-state index contributed by atoms with van der Waals surface area (Å²) in [6.07, 6.45) is 9.50. The topological polar surface area (TPSA) is 121 Å². The van der Waals surface area contributed by atoms with Gasteiger partial charge in [-0.1, -0.05) is 25.1 Å². The number of amides is 2. The van der Waals surface area contributed by atoms with Crippen molar-refractivity contribution < 1.29 is 29.3 Å². The third-order valence-electron chi connectivity index (χ3n) is 9.65. The van der Waals surface area contributed by atoms with Crippen molar-refractivity contribution in [2.45, 2.75) is 110 Å². The molecule has 3 aliphatic carbocycles. The Morgan fingerprint density at radius 2 is 1.75 bits per heavy atom. The summed E-state index contributed by atoms with van der Waals surface area (Å²) in [6.45, 7) is 12.7. The molecule has 1 heterocycles. The average Bonchev–Trinajstić information content (AvgIpc) is 3.19. The van der Waals surface area contributed by atoms with Crippen molar-refractivity contribution in [1.82, 2.24) is 10.4 Å². The molecular weight excluding hydrogens is 558 g/mol. The van der Waals surface area contributed by atoms with E-state index in [2.05, 4.69) is 23.4 Å². The van der Waals surface area contributed by atoms with Gasteiger partial charge in [0.15, 0.2) is 5.82 Å². The molecule has 5 rings (SSSR count). The first-order chi connectivity index (χ1) is 20.5. The third-order valence-corrected chi connectivity index (χ3v) is 9.65. The fourth-order valence-electron chi connectivity index (χ4n) is 7.65. The van der Waals surface area contributed by atoms with Crippen LogP contribution in [0.5, 0.6) is 5.75 Å². The van der Waals surface area contributed by atoms with Crippen molar-refractivity contribution in [2.75, 3.05) is 5.01 Å². The van der Waals surface area contributed by atoms with Crippen LogP contribution >= 0.6 is 0 Å². The molecule has 2 aromatic rings. The van der Waals surface area contributed by atoms with Crippen LogP contribution in [0.3, 0.4) is 0 Å². The van der Waals surface area contributed by atoms with Gasteiger partial charge in [0.1, 0.15) is 17.0 Å². The van der Waals surface area contributed by atoms with Gasteiger partial charge in [0.25, 0.3) is 0 Å². The van der Waals surface area contributed by atoms with Gasteiger partial charge in [-0.25, -0.2) is 20.0 Å². The molecule has 3 N–H and O–H groups in total. The number of rotatable bonds is 3. The zero-order valence-electron chi connectivity index (χ0n) is 27.0. The number of aromatic hydroxyl groups is 1. The van der Waals surface area contributed by atoms with Gasteiger partial charge in [0.05, 0.1) is 5.60 Å². The quantitative estimate of drug-likeness (QED) is 0.315. The van der Waals surface area contributed by atoms with Gasteiger partial charge in [-0.2, -0.15) is 5.01 Å². The van der Waals surface area contributed by atoms with Crippen molar-refractivity contribution in [3.63, 3.8) is 0 Å². The highest BCUT2D eigenvalue weighted by Crippen LogP contribution is 2.64. The third kappa shape index (κ3) is 6.43. The largest absolute Gasteiger partial charge is 0.508 e. The van der Waals surface area contributed by atoms with Gasteiger partial charge in [-0.15, -0.1) is 0 Å². The van der Waals surface area contributed by atoms with Crippen LogP contribution in [0.15, 0.2) is 42.6 Å². The van der Waals surface area contributed by atoms with Gasteiger partial charge >= 0.3 is 12.2 Å². The molecule has 9 nitrogen and oxygen atoms in total. The number of carbonyl (C=O) groups excluding carboxylic acids is 2. The smallest absolute Gasteiger partial charge is 0.435 e. The number of pyridine rings is 1. The van der Waals surface area contributed by atoms with E-state index < -0.39 is 29.0 Å². The molecule has 2 fully saturated rings. The molecule has 3 aliphatic rings. The zero-order valence-corrected chi connectivity index (χ0v) is 27.0. The molecule has 0 saturated heterocycles. The Balaban J connectivity index is 1.32. The molecule has 0 unspecified atom stereocenters. The van der Waals surface area contributed by atoms with Crippen molar-refractivity contribution >= 4 is 24.1 Å². The predicted octanol–water partition coefficient (Wildman–Crippen LogP) is 7.27. The van der Waals surface area contributed by atoms with Gasteiger partial charge in [0, 0.05) is 11.6 Å². The fraction of sp³-hybridized carbons (Fsp3) is 0.571. The van der Waals surface area contributed by atoms with Crippen LogP contribution in [0.25, 0.3) is 6.08 Å². The molecule has 0 radical (unpaired) electrons. The van der Waals surface area contributed by atoms with E-state index >= 15 is 0 Å². The van der Waals surface area contributed by atoms with Crippen LogP contribution < -0.4 is 10.4 Å². The number of aromatic nitrogens is 1. The van der Waals surface area contributed by atoms with E-state index in [1.54, 1.807) is 59.9 Å². The summed E-state index contributed by atoms with van der Waals surface area (Å²) in [5.74, 6) is 1.91. The predicted molar refractivity (Wildman–Crippen MR) is 169 cm³/mol. The Morgan fingerprint density at radius 3 is 2.41 bits per heavy atom. The maximum Gasteiger partial charge on any atom is 0.435 e. The minimum Gasteiger partial charge on any atom is -0.508 e. The van der Waals surface area contributed by atoms with Crippen molar-refractivity contribution in [3.05, 3.63) is 59.3 Å².